The third-order valence-corrected chi connectivity index (χ3v) is 3.12. The predicted molar refractivity (Wildman–Crippen MR) is 68.8 cm³/mol. The van der Waals surface area contributed by atoms with Crippen LogP contribution in [0.15, 0.2) is 0 Å². The Morgan fingerprint density at radius 3 is 2.70 bits per heavy atom. The molecular weight excluding hydrogens is 266 g/mol. The number of rotatable bonds is 5. The number of carbonyl (C=O) groups is 4. The molecule has 0 saturated carbocycles. The molecular formula is C12H19N3O5. The van der Waals surface area contributed by atoms with Crippen LogP contribution in [-0.4, -0.2) is 53.0 Å². The van der Waals surface area contributed by atoms with E-state index in [0.29, 0.717) is 6.42 Å². The van der Waals surface area contributed by atoms with Gasteiger partial charge in [-0.15, -0.1) is 0 Å². The molecule has 1 aliphatic heterocycles. The number of hydrogen-bond donors (Lipinski definition) is 3. The number of carbonyl (C=O) groups excluding carboxylic acids is 3. The molecule has 1 rings (SSSR count). The van der Waals surface area contributed by atoms with Gasteiger partial charge in [-0.05, 0) is 19.8 Å². The zero-order chi connectivity index (χ0) is 15.3. The van der Waals surface area contributed by atoms with E-state index >= 15 is 0 Å². The highest BCUT2D eigenvalue weighted by molar-refractivity contribution is 6.01. The number of imide groups is 1. The van der Waals surface area contributed by atoms with E-state index in [-0.39, 0.29) is 31.2 Å². The minimum Gasteiger partial charge on any atom is -0.481 e. The van der Waals surface area contributed by atoms with Crippen molar-refractivity contribution in [1.82, 2.24) is 15.5 Å². The summed E-state index contributed by atoms with van der Waals surface area (Å²) in [4.78, 5) is 46.1. The highest BCUT2D eigenvalue weighted by Crippen LogP contribution is 2.11. The lowest BCUT2D eigenvalue weighted by molar-refractivity contribution is -0.147. The lowest BCUT2D eigenvalue weighted by Crippen LogP contribution is -2.55. The Bertz CT molecular complexity index is 423. The number of likely N-dealkylation sites (N-methyl/N-ethyl adjacent to an activating group) is 1. The van der Waals surface area contributed by atoms with Gasteiger partial charge in [-0.2, -0.15) is 0 Å². The third kappa shape index (κ3) is 4.52. The van der Waals surface area contributed by atoms with Gasteiger partial charge in [-0.25, -0.2) is 4.79 Å². The van der Waals surface area contributed by atoms with Crippen molar-refractivity contribution in [3.8, 4) is 0 Å². The molecule has 0 bridgehead atoms. The second kappa shape index (κ2) is 6.88. The summed E-state index contributed by atoms with van der Waals surface area (Å²) < 4.78 is 0. The normalized spacial score (nSPS) is 20.5. The fourth-order valence-electron chi connectivity index (χ4n) is 1.89. The van der Waals surface area contributed by atoms with Crippen LogP contribution in [0.2, 0.25) is 0 Å². The number of likely N-dealkylation sites (tertiary alicyclic amines) is 1. The zero-order valence-corrected chi connectivity index (χ0v) is 11.5. The molecule has 4 amide bonds. The molecule has 0 aliphatic carbocycles. The van der Waals surface area contributed by atoms with E-state index in [2.05, 4.69) is 10.6 Å². The van der Waals surface area contributed by atoms with Crippen LogP contribution < -0.4 is 10.6 Å². The van der Waals surface area contributed by atoms with Crippen molar-refractivity contribution < 1.29 is 24.3 Å². The van der Waals surface area contributed by atoms with Crippen LogP contribution >= 0.6 is 0 Å². The second-order valence-electron chi connectivity index (χ2n) is 4.83. The Balaban J connectivity index is 2.40. The van der Waals surface area contributed by atoms with Gasteiger partial charge in [0.2, 0.25) is 5.91 Å². The predicted octanol–water partition coefficient (Wildman–Crippen LogP) is -0.314. The molecule has 1 fully saturated rings. The van der Waals surface area contributed by atoms with E-state index in [1.54, 1.807) is 6.92 Å². The molecule has 0 aromatic carbocycles. The third-order valence-electron chi connectivity index (χ3n) is 3.12. The summed E-state index contributed by atoms with van der Waals surface area (Å²) in [5, 5.41) is 13.6. The second-order valence-corrected chi connectivity index (χ2v) is 4.83. The number of aliphatic carboxylic acids is 1. The number of piperidine rings is 1. The molecule has 1 saturated heterocycles. The first-order chi connectivity index (χ1) is 9.31. The standard InChI is InChI=1S/C12H19N3O5/c1-7(3-6-10(17)18)13-12(20)14-8-4-5-9(16)15(2)11(8)19/h7-8H,3-6H2,1-2H3,(H,17,18)(H2,13,14,20). The van der Waals surface area contributed by atoms with Crippen LogP contribution in [0.5, 0.6) is 0 Å². The van der Waals surface area contributed by atoms with Crippen LogP contribution in [0.3, 0.4) is 0 Å². The number of nitrogens with one attached hydrogen (secondary N) is 2. The molecule has 1 heterocycles. The molecule has 3 N–H and O–H groups in total. The zero-order valence-electron chi connectivity index (χ0n) is 11.5. The molecule has 2 atom stereocenters. The number of nitrogens with zero attached hydrogens (tertiary/aromatic N) is 1. The molecule has 0 radical (unpaired) electrons. The summed E-state index contributed by atoms with van der Waals surface area (Å²) in [5.74, 6) is -1.63. The number of carboxylic acid groups (broad SMARTS) is 1. The molecule has 8 nitrogen and oxygen atoms in total. The van der Waals surface area contributed by atoms with E-state index in [1.165, 1.54) is 7.05 Å². The van der Waals surface area contributed by atoms with Crippen LogP contribution in [0.1, 0.15) is 32.6 Å². The average Bonchev–Trinajstić information content (AvgIpc) is 2.37. The van der Waals surface area contributed by atoms with Gasteiger partial charge in [0.1, 0.15) is 6.04 Å². The quantitative estimate of drug-likeness (QED) is 0.599. The Morgan fingerprint density at radius 1 is 1.45 bits per heavy atom. The topological polar surface area (TPSA) is 116 Å². The van der Waals surface area contributed by atoms with Crippen LogP contribution in [0, 0.1) is 0 Å². The summed E-state index contributed by atoms with van der Waals surface area (Å²) in [7, 11) is 1.38. The molecule has 0 spiro atoms. The molecule has 112 valence electrons. The highest BCUT2D eigenvalue weighted by Gasteiger charge is 2.32. The molecule has 0 aromatic rings. The molecule has 20 heavy (non-hydrogen) atoms. The Hall–Kier alpha value is -2.12. The van der Waals surface area contributed by atoms with E-state index in [4.69, 9.17) is 5.11 Å². The Labute approximate surface area is 116 Å². The maximum atomic E-state index is 11.8. The average molecular weight is 285 g/mol. The summed E-state index contributed by atoms with van der Waals surface area (Å²) in [5.41, 5.74) is 0. The van der Waals surface area contributed by atoms with Gasteiger partial charge in [0.15, 0.2) is 0 Å². The maximum Gasteiger partial charge on any atom is 0.315 e. The van der Waals surface area contributed by atoms with Crippen molar-refractivity contribution >= 4 is 23.8 Å². The van der Waals surface area contributed by atoms with Gasteiger partial charge in [-0.1, -0.05) is 0 Å². The van der Waals surface area contributed by atoms with Crippen LogP contribution in [-0.2, 0) is 14.4 Å². The lowest BCUT2D eigenvalue weighted by atomic mass is 10.1. The van der Waals surface area contributed by atoms with Crippen molar-refractivity contribution in [2.45, 2.75) is 44.7 Å². The van der Waals surface area contributed by atoms with Gasteiger partial charge in [0.25, 0.3) is 5.91 Å². The molecule has 0 aromatic heterocycles. The van der Waals surface area contributed by atoms with Crippen molar-refractivity contribution in [3.63, 3.8) is 0 Å². The van der Waals surface area contributed by atoms with Gasteiger partial charge in [0, 0.05) is 25.9 Å². The lowest BCUT2D eigenvalue weighted by Gasteiger charge is -2.28. The van der Waals surface area contributed by atoms with E-state index in [1.807, 2.05) is 0 Å². The van der Waals surface area contributed by atoms with Gasteiger partial charge in [0.05, 0.1) is 0 Å². The van der Waals surface area contributed by atoms with Gasteiger partial charge >= 0.3 is 12.0 Å². The van der Waals surface area contributed by atoms with Crippen molar-refractivity contribution in [1.29, 1.82) is 0 Å². The summed E-state index contributed by atoms with van der Waals surface area (Å²) in [6, 6.07) is -1.57. The monoisotopic (exact) mass is 285 g/mol. The van der Waals surface area contributed by atoms with Crippen LogP contribution in [0.25, 0.3) is 0 Å². The highest BCUT2D eigenvalue weighted by atomic mass is 16.4. The largest absolute Gasteiger partial charge is 0.481 e. The minimum atomic E-state index is -0.929. The minimum absolute atomic E-state index is 0.0406. The van der Waals surface area contributed by atoms with Crippen molar-refractivity contribution in [2.24, 2.45) is 0 Å². The molecule has 8 heteroatoms. The number of amides is 4. The van der Waals surface area contributed by atoms with Gasteiger partial charge < -0.3 is 15.7 Å². The SMILES string of the molecule is CC(CCC(=O)O)NC(=O)NC1CCC(=O)N(C)C1=O. The number of carboxylic acids is 1. The molecule has 1 aliphatic rings. The summed E-state index contributed by atoms with van der Waals surface area (Å²) >= 11 is 0. The van der Waals surface area contributed by atoms with E-state index < -0.39 is 23.9 Å². The maximum absolute atomic E-state index is 11.8. The van der Waals surface area contributed by atoms with E-state index in [0.717, 1.165) is 4.90 Å². The number of hydrogen-bond acceptors (Lipinski definition) is 4. The van der Waals surface area contributed by atoms with E-state index in [9.17, 15) is 19.2 Å². The van der Waals surface area contributed by atoms with Crippen LogP contribution in [0.4, 0.5) is 4.79 Å². The fourth-order valence-corrected chi connectivity index (χ4v) is 1.89. The first-order valence-corrected chi connectivity index (χ1v) is 6.40. The first-order valence-electron chi connectivity index (χ1n) is 6.40. The fraction of sp³-hybridized carbons (Fsp3) is 0.667. The number of urea groups is 1. The summed E-state index contributed by atoms with van der Waals surface area (Å²) in [6.45, 7) is 1.68. The summed E-state index contributed by atoms with van der Waals surface area (Å²) in [6.07, 6.45) is 0.751. The first kappa shape index (κ1) is 15.9. The Morgan fingerprint density at radius 2 is 2.10 bits per heavy atom. The smallest absolute Gasteiger partial charge is 0.315 e. The Kier molecular flexibility index (Phi) is 5.48. The van der Waals surface area contributed by atoms with Crippen molar-refractivity contribution in [3.05, 3.63) is 0 Å². The molecule has 2 unspecified atom stereocenters. The van der Waals surface area contributed by atoms with Crippen molar-refractivity contribution in [2.75, 3.05) is 7.05 Å². The van der Waals surface area contributed by atoms with Gasteiger partial charge in [-0.3, -0.25) is 19.3 Å².